The van der Waals surface area contributed by atoms with Crippen LogP contribution in [0.2, 0.25) is 0 Å². The monoisotopic (exact) mass is 385 g/mol. The standard InChI is InChI=1S/C20H20FN3O2S/c1-25-17-10-14-7-8-24(12-15(14)11-18(17)26-2)20-23-22-19(27-20)9-13-3-5-16(21)6-4-13/h3-6,10-11H,7-9,12H2,1-2H3. The van der Waals surface area contributed by atoms with Gasteiger partial charge in [0.05, 0.1) is 14.2 Å². The fraction of sp³-hybridized carbons (Fsp3) is 0.300. The van der Waals surface area contributed by atoms with Gasteiger partial charge in [-0.2, -0.15) is 0 Å². The second-order valence-electron chi connectivity index (χ2n) is 6.43. The Hall–Kier alpha value is -2.67. The lowest BCUT2D eigenvalue weighted by molar-refractivity contribution is 0.353. The maximum Gasteiger partial charge on any atom is 0.208 e. The average molecular weight is 385 g/mol. The summed E-state index contributed by atoms with van der Waals surface area (Å²) in [5.41, 5.74) is 3.52. The predicted molar refractivity (Wildman–Crippen MR) is 103 cm³/mol. The molecule has 0 saturated heterocycles. The fourth-order valence-corrected chi connectivity index (χ4v) is 4.17. The molecule has 1 aromatic heterocycles. The van der Waals surface area contributed by atoms with Crippen molar-refractivity contribution in [1.82, 2.24) is 10.2 Å². The fourth-order valence-electron chi connectivity index (χ4n) is 3.27. The maximum atomic E-state index is 13.0. The molecule has 2 heterocycles. The van der Waals surface area contributed by atoms with Gasteiger partial charge in [-0.15, -0.1) is 10.2 Å². The highest BCUT2D eigenvalue weighted by atomic mass is 32.1. The summed E-state index contributed by atoms with van der Waals surface area (Å²) in [6.45, 7) is 1.65. The largest absolute Gasteiger partial charge is 0.493 e. The first-order valence-electron chi connectivity index (χ1n) is 8.72. The lowest BCUT2D eigenvalue weighted by atomic mass is 9.99. The Balaban J connectivity index is 1.51. The van der Waals surface area contributed by atoms with Crippen molar-refractivity contribution in [2.75, 3.05) is 25.7 Å². The van der Waals surface area contributed by atoms with Crippen LogP contribution >= 0.6 is 11.3 Å². The Labute approximate surface area is 161 Å². The van der Waals surface area contributed by atoms with Crippen LogP contribution in [-0.4, -0.2) is 31.0 Å². The van der Waals surface area contributed by atoms with Crippen LogP contribution in [0.3, 0.4) is 0 Å². The minimum Gasteiger partial charge on any atom is -0.493 e. The van der Waals surface area contributed by atoms with Crippen molar-refractivity contribution in [3.63, 3.8) is 0 Å². The number of aromatic nitrogens is 2. The van der Waals surface area contributed by atoms with Crippen LogP contribution in [0.4, 0.5) is 9.52 Å². The van der Waals surface area contributed by atoms with Gasteiger partial charge >= 0.3 is 0 Å². The number of anilines is 1. The minimum absolute atomic E-state index is 0.226. The number of fused-ring (bicyclic) bond motifs is 1. The van der Waals surface area contributed by atoms with Gasteiger partial charge in [0.25, 0.3) is 0 Å². The zero-order chi connectivity index (χ0) is 18.8. The summed E-state index contributed by atoms with van der Waals surface area (Å²) in [4.78, 5) is 2.24. The van der Waals surface area contributed by atoms with Crippen LogP contribution in [0, 0.1) is 5.82 Å². The van der Waals surface area contributed by atoms with E-state index in [1.54, 1.807) is 37.7 Å². The molecule has 3 aromatic rings. The van der Waals surface area contributed by atoms with E-state index in [2.05, 4.69) is 21.2 Å². The van der Waals surface area contributed by atoms with Gasteiger partial charge in [-0.25, -0.2) is 4.39 Å². The Morgan fingerprint density at radius 1 is 1.04 bits per heavy atom. The third-order valence-corrected chi connectivity index (χ3v) is 5.70. The molecule has 1 aliphatic heterocycles. The first-order chi connectivity index (χ1) is 13.2. The topological polar surface area (TPSA) is 47.5 Å². The Bertz CT molecular complexity index is 943. The summed E-state index contributed by atoms with van der Waals surface area (Å²) in [6.07, 6.45) is 1.58. The smallest absolute Gasteiger partial charge is 0.208 e. The van der Waals surface area contributed by atoms with E-state index in [1.807, 2.05) is 6.07 Å². The second-order valence-corrected chi connectivity index (χ2v) is 7.47. The molecule has 0 unspecified atom stereocenters. The number of halogens is 1. The van der Waals surface area contributed by atoms with Crippen molar-refractivity contribution >= 4 is 16.5 Å². The van der Waals surface area contributed by atoms with Gasteiger partial charge < -0.3 is 14.4 Å². The van der Waals surface area contributed by atoms with E-state index in [4.69, 9.17) is 9.47 Å². The first kappa shape index (κ1) is 17.7. The van der Waals surface area contributed by atoms with Crippen LogP contribution < -0.4 is 14.4 Å². The van der Waals surface area contributed by atoms with Gasteiger partial charge in [0.15, 0.2) is 11.5 Å². The van der Waals surface area contributed by atoms with Crippen LogP contribution in [-0.2, 0) is 19.4 Å². The summed E-state index contributed by atoms with van der Waals surface area (Å²) in [7, 11) is 3.31. The summed E-state index contributed by atoms with van der Waals surface area (Å²) < 4.78 is 23.9. The lowest BCUT2D eigenvalue weighted by Gasteiger charge is -2.28. The lowest BCUT2D eigenvalue weighted by Crippen LogP contribution is -2.30. The van der Waals surface area contributed by atoms with Crippen LogP contribution in [0.1, 0.15) is 21.7 Å². The Morgan fingerprint density at radius 2 is 1.74 bits per heavy atom. The van der Waals surface area contributed by atoms with Gasteiger partial charge in [0.1, 0.15) is 10.8 Å². The van der Waals surface area contributed by atoms with Crippen LogP contribution in [0.15, 0.2) is 36.4 Å². The molecule has 0 spiro atoms. The second kappa shape index (κ2) is 7.52. The van der Waals surface area contributed by atoms with Crippen LogP contribution in [0.5, 0.6) is 11.5 Å². The molecule has 0 aliphatic carbocycles. The minimum atomic E-state index is -0.226. The van der Waals surface area contributed by atoms with Gasteiger partial charge in [-0.1, -0.05) is 23.5 Å². The molecular weight excluding hydrogens is 365 g/mol. The van der Waals surface area contributed by atoms with Crippen molar-refractivity contribution in [3.8, 4) is 11.5 Å². The molecule has 7 heteroatoms. The van der Waals surface area contributed by atoms with E-state index in [0.29, 0.717) is 6.42 Å². The summed E-state index contributed by atoms with van der Waals surface area (Å²) in [5.74, 6) is 1.28. The van der Waals surface area contributed by atoms with E-state index in [1.165, 1.54) is 23.3 Å². The summed E-state index contributed by atoms with van der Waals surface area (Å²) in [6, 6.07) is 10.6. The van der Waals surface area contributed by atoms with E-state index >= 15 is 0 Å². The van der Waals surface area contributed by atoms with Crippen molar-refractivity contribution in [1.29, 1.82) is 0 Å². The molecule has 0 bridgehead atoms. The molecule has 0 amide bonds. The molecule has 0 atom stereocenters. The maximum absolute atomic E-state index is 13.0. The molecular formula is C20H20FN3O2S. The van der Waals surface area contributed by atoms with Gasteiger partial charge in [0.2, 0.25) is 5.13 Å². The summed E-state index contributed by atoms with van der Waals surface area (Å²) in [5, 5.41) is 10.5. The quantitative estimate of drug-likeness (QED) is 0.668. The number of nitrogens with zero attached hydrogens (tertiary/aromatic N) is 3. The number of hydrogen-bond donors (Lipinski definition) is 0. The number of benzene rings is 2. The van der Waals surface area contributed by atoms with Crippen molar-refractivity contribution < 1.29 is 13.9 Å². The molecule has 0 saturated carbocycles. The molecule has 1 aliphatic rings. The van der Waals surface area contributed by atoms with E-state index in [9.17, 15) is 4.39 Å². The number of methoxy groups -OCH3 is 2. The SMILES string of the molecule is COc1cc2c(cc1OC)CN(c1nnc(Cc3ccc(F)cc3)s1)CC2. The van der Waals surface area contributed by atoms with Crippen molar-refractivity contribution in [2.24, 2.45) is 0 Å². The highest BCUT2D eigenvalue weighted by Gasteiger charge is 2.22. The first-order valence-corrected chi connectivity index (χ1v) is 9.53. The zero-order valence-corrected chi connectivity index (χ0v) is 16.1. The highest BCUT2D eigenvalue weighted by Crippen LogP contribution is 2.35. The Kier molecular flexibility index (Phi) is 4.94. The van der Waals surface area contributed by atoms with Crippen LogP contribution in [0.25, 0.3) is 0 Å². The third kappa shape index (κ3) is 3.73. The molecule has 4 rings (SSSR count). The van der Waals surface area contributed by atoms with Gasteiger partial charge in [-0.3, -0.25) is 0 Å². The zero-order valence-electron chi connectivity index (χ0n) is 15.2. The van der Waals surface area contributed by atoms with Gasteiger partial charge in [-0.05, 0) is 47.4 Å². The highest BCUT2D eigenvalue weighted by molar-refractivity contribution is 7.15. The molecule has 2 aromatic carbocycles. The predicted octanol–water partition coefficient (Wildman–Crippen LogP) is 3.85. The van der Waals surface area contributed by atoms with Crippen molar-refractivity contribution in [3.05, 3.63) is 63.9 Å². The van der Waals surface area contributed by atoms with Gasteiger partial charge in [0, 0.05) is 19.5 Å². The summed E-state index contributed by atoms with van der Waals surface area (Å²) >= 11 is 1.58. The van der Waals surface area contributed by atoms with E-state index in [0.717, 1.165) is 46.7 Å². The third-order valence-electron chi connectivity index (χ3n) is 4.71. The average Bonchev–Trinajstić information content (AvgIpc) is 3.16. The number of rotatable bonds is 5. The normalized spacial score (nSPS) is 13.4. The number of hydrogen-bond acceptors (Lipinski definition) is 6. The molecule has 27 heavy (non-hydrogen) atoms. The Morgan fingerprint density at radius 3 is 2.44 bits per heavy atom. The van der Waals surface area contributed by atoms with E-state index in [-0.39, 0.29) is 5.82 Å². The van der Waals surface area contributed by atoms with Crippen molar-refractivity contribution in [2.45, 2.75) is 19.4 Å². The molecule has 0 radical (unpaired) electrons. The molecule has 140 valence electrons. The molecule has 0 N–H and O–H groups in total. The number of ether oxygens (including phenoxy) is 2. The molecule has 5 nitrogen and oxygen atoms in total. The van der Waals surface area contributed by atoms with E-state index < -0.39 is 0 Å². The molecule has 0 fully saturated rings.